The van der Waals surface area contributed by atoms with Crippen LogP contribution < -0.4 is 5.32 Å². The van der Waals surface area contributed by atoms with Crippen LogP contribution in [0.2, 0.25) is 0 Å². The second-order valence-corrected chi connectivity index (χ2v) is 5.19. The highest BCUT2D eigenvalue weighted by Gasteiger charge is 2.36. The summed E-state index contributed by atoms with van der Waals surface area (Å²) in [7, 11) is 0. The third-order valence-electron chi connectivity index (χ3n) is 3.30. The van der Waals surface area contributed by atoms with Crippen LogP contribution >= 0.6 is 0 Å². The van der Waals surface area contributed by atoms with Crippen molar-refractivity contribution >= 4 is 17.5 Å². The number of carbonyl (C=O) groups is 1. The van der Waals surface area contributed by atoms with Crippen molar-refractivity contribution in [2.45, 2.75) is 52.6 Å². The van der Waals surface area contributed by atoms with Gasteiger partial charge in [0.15, 0.2) is 0 Å². The second kappa shape index (κ2) is 5.48. The number of hydrogen-bond acceptors (Lipinski definition) is 5. The Morgan fingerprint density at radius 1 is 1.60 bits per heavy atom. The van der Waals surface area contributed by atoms with Gasteiger partial charge in [0.05, 0.1) is 4.92 Å². The molecule has 8 nitrogen and oxygen atoms in total. The average Bonchev–Trinajstić information content (AvgIpc) is 2.65. The lowest BCUT2D eigenvalue weighted by Gasteiger charge is -2.26. The van der Waals surface area contributed by atoms with Crippen molar-refractivity contribution in [3.05, 3.63) is 15.8 Å². The summed E-state index contributed by atoms with van der Waals surface area (Å²) in [4.78, 5) is 22.0. The Balaban J connectivity index is 3.42. The molecule has 8 heteroatoms. The van der Waals surface area contributed by atoms with Crippen molar-refractivity contribution in [2.75, 3.05) is 5.32 Å². The van der Waals surface area contributed by atoms with Crippen LogP contribution in [0.15, 0.2) is 0 Å². The molecule has 0 saturated carbocycles. The zero-order valence-corrected chi connectivity index (χ0v) is 12.3. The molecule has 0 amide bonds. The topological polar surface area (TPSA) is 110 Å². The van der Waals surface area contributed by atoms with Crippen LogP contribution in [0, 0.1) is 17.0 Å². The monoisotopic (exact) mass is 284 g/mol. The Labute approximate surface area is 116 Å². The van der Waals surface area contributed by atoms with Crippen molar-refractivity contribution in [2.24, 2.45) is 0 Å². The number of carboxylic acids is 1. The van der Waals surface area contributed by atoms with Gasteiger partial charge in [-0.1, -0.05) is 6.92 Å². The molecule has 1 unspecified atom stereocenters. The van der Waals surface area contributed by atoms with Crippen molar-refractivity contribution in [3.63, 3.8) is 0 Å². The van der Waals surface area contributed by atoms with E-state index in [1.165, 1.54) is 18.5 Å². The van der Waals surface area contributed by atoms with E-state index in [0.717, 1.165) is 0 Å². The van der Waals surface area contributed by atoms with E-state index in [2.05, 4.69) is 10.4 Å². The summed E-state index contributed by atoms with van der Waals surface area (Å²) < 4.78 is 1.45. The minimum atomic E-state index is -1.29. The summed E-state index contributed by atoms with van der Waals surface area (Å²) in [5.74, 6) is -0.933. The lowest BCUT2D eigenvalue weighted by atomic mass is 9.99. The van der Waals surface area contributed by atoms with E-state index in [0.29, 0.717) is 0 Å². The number of aromatic nitrogens is 2. The molecule has 1 aromatic rings. The quantitative estimate of drug-likeness (QED) is 0.612. The van der Waals surface area contributed by atoms with Gasteiger partial charge in [0.2, 0.25) is 5.82 Å². The number of rotatable bonds is 6. The molecule has 0 aliphatic carbocycles. The Morgan fingerprint density at radius 3 is 2.50 bits per heavy atom. The Kier molecular flexibility index (Phi) is 4.36. The summed E-state index contributed by atoms with van der Waals surface area (Å²) in [6.07, 6.45) is 0.280. The molecule has 1 rings (SSSR count). The van der Waals surface area contributed by atoms with Gasteiger partial charge < -0.3 is 10.4 Å². The number of aryl methyl sites for hydroxylation is 1. The van der Waals surface area contributed by atoms with Gasteiger partial charge in [0, 0.05) is 6.04 Å². The molecule has 0 radical (unpaired) electrons. The third-order valence-corrected chi connectivity index (χ3v) is 3.30. The first-order chi connectivity index (χ1) is 9.14. The number of hydrogen-bond donors (Lipinski definition) is 2. The average molecular weight is 284 g/mol. The Morgan fingerprint density at radius 2 is 2.15 bits per heavy atom. The van der Waals surface area contributed by atoms with E-state index in [1.807, 2.05) is 13.8 Å². The number of nitrogens with zero attached hydrogens (tertiary/aromatic N) is 3. The summed E-state index contributed by atoms with van der Waals surface area (Å²) in [5.41, 5.74) is -1.21. The molecule has 1 aromatic heterocycles. The van der Waals surface area contributed by atoms with Gasteiger partial charge in [-0.15, -0.1) is 0 Å². The number of nitrogens with one attached hydrogen (secondary N) is 1. The van der Waals surface area contributed by atoms with Crippen LogP contribution in [0.25, 0.3) is 0 Å². The van der Waals surface area contributed by atoms with Crippen LogP contribution in [0.3, 0.4) is 0 Å². The molecule has 0 bridgehead atoms. The van der Waals surface area contributed by atoms with Gasteiger partial charge in [-0.25, -0.2) is 9.48 Å². The number of carboxylic acid groups (broad SMARTS) is 1. The summed E-state index contributed by atoms with van der Waals surface area (Å²) in [6.45, 7) is 8.38. The largest absolute Gasteiger partial charge is 0.480 e. The molecular formula is C12H20N4O4. The van der Waals surface area contributed by atoms with Gasteiger partial charge in [0.25, 0.3) is 0 Å². The zero-order valence-electron chi connectivity index (χ0n) is 12.3. The first-order valence-corrected chi connectivity index (χ1v) is 6.39. The van der Waals surface area contributed by atoms with Crippen molar-refractivity contribution in [1.29, 1.82) is 0 Å². The fourth-order valence-electron chi connectivity index (χ4n) is 1.80. The summed E-state index contributed by atoms with van der Waals surface area (Å²) in [5, 5.41) is 27.4. The Hall–Kier alpha value is -2.12. The molecule has 0 aliphatic rings. The van der Waals surface area contributed by atoms with Crippen LogP contribution in [0.1, 0.15) is 45.9 Å². The highest BCUT2D eigenvalue weighted by atomic mass is 16.6. The molecule has 0 aromatic carbocycles. The van der Waals surface area contributed by atoms with Gasteiger partial charge in [-0.2, -0.15) is 5.10 Å². The molecule has 1 atom stereocenters. The van der Waals surface area contributed by atoms with Gasteiger partial charge in [-0.05, 0) is 34.1 Å². The van der Waals surface area contributed by atoms with Crippen LogP contribution in [-0.2, 0) is 4.79 Å². The second-order valence-electron chi connectivity index (χ2n) is 5.19. The summed E-state index contributed by atoms with van der Waals surface area (Å²) >= 11 is 0. The lowest BCUT2D eigenvalue weighted by molar-refractivity contribution is -0.384. The van der Waals surface area contributed by atoms with E-state index in [4.69, 9.17) is 0 Å². The fourth-order valence-corrected chi connectivity index (χ4v) is 1.80. The highest BCUT2D eigenvalue weighted by Crippen LogP contribution is 2.33. The smallest absolute Gasteiger partial charge is 0.333 e. The molecule has 0 aliphatic heterocycles. The van der Waals surface area contributed by atoms with Crippen LogP contribution in [0.5, 0.6) is 0 Å². The minimum Gasteiger partial charge on any atom is -0.480 e. The molecule has 0 spiro atoms. The maximum Gasteiger partial charge on any atom is 0.333 e. The van der Waals surface area contributed by atoms with Crippen molar-refractivity contribution < 1.29 is 14.8 Å². The standard InChI is InChI=1S/C12H20N4O4/c1-6-12(5,11(17)18)13-10-9(16(19)20)8(4)14-15(10)7(2)3/h7,13H,6H2,1-5H3,(H,17,18). The Bertz CT molecular complexity index is 538. The molecule has 0 saturated heterocycles. The molecule has 2 N–H and O–H groups in total. The maximum atomic E-state index is 11.4. The van der Waals surface area contributed by atoms with E-state index in [1.54, 1.807) is 6.92 Å². The van der Waals surface area contributed by atoms with Crippen molar-refractivity contribution in [1.82, 2.24) is 9.78 Å². The normalized spacial score (nSPS) is 14.1. The minimum absolute atomic E-state index is 0.125. The van der Waals surface area contributed by atoms with Crippen LogP contribution in [0.4, 0.5) is 11.5 Å². The third kappa shape index (κ3) is 2.73. The molecular weight excluding hydrogens is 264 g/mol. The van der Waals surface area contributed by atoms with E-state index >= 15 is 0 Å². The fraction of sp³-hybridized carbons (Fsp3) is 0.667. The van der Waals surface area contributed by atoms with Crippen LogP contribution in [-0.4, -0.2) is 31.3 Å². The molecule has 20 heavy (non-hydrogen) atoms. The van der Waals surface area contributed by atoms with Gasteiger partial charge >= 0.3 is 11.7 Å². The van der Waals surface area contributed by atoms with E-state index in [9.17, 15) is 20.0 Å². The number of aliphatic carboxylic acids is 1. The SMILES string of the molecule is CCC(C)(Nc1c([N+](=O)[O-])c(C)nn1C(C)C)C(=O)O. The van der Waals surface area contributed by atoms with Gasteiger partial charge in [0.1, 0.15) is 11.2 Å². The molecule has 112 valence electrons. The number of nitro groups is 1. The maximum absolute atomic E-state index is 11.4. The van der Waals surface area contributed by atoms with Crippen molar-refractivity contribution in [3.8, 4) is 0 Å². The lowest BCUT2D eigenvalue weighted by Crippen LogP contribution is -2.43. The zero-order chi connectivity index (χ0) is 15.7. The van der Waals surface area contributed by atoms with Gasteiger partial charge in [-0.3, -0.25) is 10.1 Å². The van der Waals surface area contributed by atoms with E-state index in [-0.39, 0.29) is 29.7 Å². The predicted octanol–water partition coefficient (Wildman–Crippen LogP) is 2.35. The number of anilines is 1. The first-order valence-electron chi connectivity index (χ1n) is 6.39. The molecule has 1 heterocycles. The molecule has 0 fully saturated rings. The highest BCUT2D eigenvalue weighted by molar-refractivity contribution is 5.83. The van der Waals surface area contributed by atoms with E-state index < -0.39 is 16.4 Å². The predicted molar refractivity (Wildman–Crippen MR) is 74.0 cm³/mol. The summed E-state index contributed by atoms with van der Waals surface area (Å²) in [6, 6.07) is -0.125. The first kappa shape index (κ1) is 15.9.